The lowest BCUT2D eigenvalue weighted by Crippen LogP contribution is -2.40. The molecule has 1 saturated heterocycles. The first-order valence-corrected chi connectivity index (χ1v) is 6.88. The molecular formula is C9H14N4O2S. The molecule has 2 heterocycles. The summed E-state index contributed by atoms with van der Waals surface area (Å²) in [6.07, 6.45) is 1.48. The highest BCUT2D eigenvalue weighted by Gasteiger charge is 2.22. The third-order valence-corrected chi connectivity index (χ3v) is 4.19. The van der Waals surface area contributed by atoms with Crippen molar-refractivity contribution in [3.63, 3.8) is 0 Å². The fourth-order valence-corrected chi connectivity index (χ4v) is 2.80. The molecule has 16 heavy (non-hydrogen) atoms. The topological polar surface area (TPSA) is 75.2 Å². The summed E-state index contributed by atoms with van der Waals surface area (Å²) in [4.78, 5) is 10.1. The molecular weight excluding hydrogens is 228 g/mol. The van der Waals surface area contributed by atoms with Crippen molar-refractivity contribution in [2.24, 2.45) is 0 Å². The highest BCUT2D eigenvalue weighted by molar-refractivity contribution is 7.91. The standard InChI is InChI=1S/C9H14N4O2S/c1-10-8-6-9(12-7-11-8)13-2-4-16(14,15)5-3-13/h6-7H,2-5H2,1H3,(H,10,11,12). The lowest BCUT2D eigenvalue weighted by molar-refractivity contribution is 0.586. The van der Waals surface area contributed by atoms with Crippen LogP contribution in [-0.4, -0.2) is 50.0 Å². The Kier molecular flexibility index (Phi) is 2.95. The van der Waals surface area contributed by atoms with Gasteiger partial charge in [0.2, 0.25) is 0 Å². The fourth-order valence-electron chi connectivity index (χ4n) is 1.60. The van der Waals surface area contributed by atoms with E-state index in [9.17, 15) is 8.42 Å². The number of hydrogen-bond donors (Lipinski definition) is 1. The van der Waals surface area contributed by atoms with Gasteiger partial charge in [-0.25, -0.2) is 18.4 Å². The molecule has 1 aliphatic heterocycles. The van der Waals surface area contributed by atoms with Gasteiger partial charge in [0.05, 0.1) is 11.5 Å². The van der Waals surface area contributed by atoms with Gasteiger partial charge in [-0.1, -0.05) is 0 Å². The molecule has 88 valence electrons. The first-order valence-electron chi connectivity index (χ1n) is 5.06. The molecule has 1 fully saturated rings. The van der Waals surface area contributed by atoms with Crippen molar-refractivity contribution in [2.75, 3.05) is 41.9 Å². The van der Waals surface area contributed by atoms with E-state index in [2.05, 4.69) is 15.3 Å². The first-order chi connectivity index (χ1) is 7.61. The minimum atomic E-state index is -2.84. The number of hydrogen-bond acceptors (Lipinski definition) is 6. The number of sulfone groups is 1. The number of nitrogens with zero attached hydrogens (tertiary/aromatic N) is 3. The zero-order valence-electron chi connectivity index (χ0n) is 9.05. The second-order valence-corrected chi connectivity index (χ2v) is 5.95. The Balaban J connectivity index is 2.13. The minimum absolute atomic E-state index is 0.200. The average molecular weight is 242 g/mol. The van der Waals surface area contributed by atoms with Crippen LogP contribution in [0, 0.1) is 0 Å². The molecule has 6 nitrogen and oxygen atoms in total. The van der Waals surface area contributed by atoms with Crippen molar-refractivity contribution < 1.29 is 8.42 Å². The van der Waals surface area contributed by atoms with E-state index in [1.54, 1.807) is 7.05 Å². The van der Waals surface area contributed by atoms with Crippen LogP contribution in [0.1, 0.15) is 0 Å². The van der Waals surface area contributed by atoms with Crippen molar-refractivity contribution in [3.8, 4) is 0 Å². The number of aromatic nitrogens is 2. The maximum Gasteiger partial charge on any atom is 0.153 e. The van der Waals surface area contributed by atoms with Gasteiger partial charge in [-0.15, -0.1) is 0 Å². The Hall–Kier alpha value is -1.37. The Morgan fingerprint density at radius 2 is 2.00 bits per heavy atom. The van der Waals surface area contributed by atoms with Gasteiger partial charge in [-0.05, 0) is 0 Å². The van der Waals surface area contributed by atoms with Crippen LogP contribution in [0.3, 0.4) is 0 Å². The summed E-state index contributed by atoms with van der Waals surface area (Å²) in [5.74, 6) is 1.91. The molecule has 0 bridgehead atoms. The maximum atomic E-state index is 11.3. The summed E-state index contributed by atoms with van der Waals surface area (Å²) >= 11 is 0. The number of nitrogens with one attached hydrogen (secondary N) is 1. The van der Waals surface area contributed by atoms with Gasteiger partial charge < -0.3 is 10.2 Å². The molecule has 0 radical (unpaired) electrons. The molecule has 1 aromatic rings. The van der Waals surface area contributed by atoms with Gasteiger partial charge in [0.1, 0.15) is 18.0 Å². The molecule has 1 N–H and O–H groups in total. The predicted octanol–water partition coefficient (Wildman–Crippen LogP) is -0.247. The van der Waals surface area contributed by atoms with Gasteiger partial charge in [-0.3, -0.25) is 0 Å². The van der Waals surface area contributed by atoms with Gasteiger partial charge in [0.15, 0.2) is 9.84 Å². The lowest BCUT2D eigenvalue weighted by Gasteiger charge is -2.27. The Labute approximate surface area is 94.6 Å². The van der Waals surface area contributed by atoms with Crippen LogP contribution in [0.4, 0.5) is 11.6 Å². The first kappa shape index (κ1) is 11.1. The highest BCUT2D eigenvalue weighted by Crippen LogP contribution is 2.16. The zero-order valence-corrected chi connectivity index (χ0v) is 9.87. The molecule has 0 aromatic carbocycles. The summed E-state index contributed by atoms with van der Waals surface area (Å²) in [5.41, 5.74) is 0. The Bertz CT molecular complexity index is 460. The van der Waals surface area contributed by atoms with Gasteiger partial charge >= 0.3 is 0 Å². The fraction of sp³-hybridized carbons (Fsp3) is 0.556. The zero-order chi connectivity index (χ0) is 11.6. The smallest absolute Gasteiger partial charge is 0.153 e. The third-order valence-electron chi connectivity index (χ3n) is 2.58. The van der Waals surface area contributed by atoms with Crippen molar-refractivity contribution >= 4 is 21.5 Å². The van der Waals surface area contributed by atoms with Crippen LogP contribution in [-0.2, 0) is 9.84 Å². The minimum Gasteiger partial charge on any atom is -0.373 e. The lowest BCUT2D eigenvalue weighted by atomic mass is 10.4. The second kappa shape index (κ2) is 4.25. The molecule has 0 saturated carbocycles. The molecule has 2 rings (SSSR count). The van der Waals surface area contributed by atoms with E-state index in [-0.39, 0.29) is 11.5 Å². The van der Waals surface area contributed by atoms with E-state index in [4.69, 9.17) is 0 Å². The average Bonchev–Trinajstić information content (AvgIpc) is 2.29. The molecule has 1 aromatic heterocycles. The molecule has 0 spiro atoms. The summed E-state index contributed by atoms with van der Waals surface area (Å²) in [6.45, 7) is 1.00. The molecule has 0 aliphatic carbocycles. The quantitative estimate of drug-likeness (QED) is 0.771. The summed E-state index contributed by atoms with van der Waals surface area (Å²) in [5, 5.41) is 2.93. The van der Waals surface area contributed by atoms with Gasteiger partial charge in [0, 0.05) is 26.2 Å². The predicted molar refractivity (Wildman–Crippen MR) is 62.4 cm³/mol. The summed E-state index contributed by atoms with van der Waals surface area (Å²) in [7, 11) is -1.06. The van der Waals surface area contributed by atoms with Crippen LogP contribution >= 0.6 is 0 Å². The molecule has 1 aliphatic rings. The maximum absolute atomic E-state index is 11.3. The van der Waals surface area contributed by atoms with Crippen molar-refractivity contribution in [1.82, 2.24) is 9.97 Å². The largest absolute Gasteiger partial charge is 0.373 e. The SMILES string of the molecule is CNc1cc(N2CCS(=O)(=O)CC2)ncn1. The van der Waals surface area contributed by atoms with Crippen molar-refractivity contribution in [3.05, 3.63) is 12.4 Å². The van der Waals surface area contributed by atoms with Crippen LogP contribution in [0.15, 0.2) is 12.4 Å². The molecule has 0 atom stereocenters. The van der Waals surface area contributed by atoms with Crippen LogP contribution in [0.25, 0.3) is 0 Å². The molecule has 7 heteroatoms. The van der Waals surface area contributed by atoms with Crippen LogP contribution in [0.2, 0.25) is 0 Å². The third kappa shape index (κ3) is 2.41. The van der Waals surface area contributed by atoms with E-state index in [1.807, 2.05) is 11.0 Å². The summed E-state index contributed by atoms with van der Waals surface area (Å²) in [6, 6.07) is 1.82. The molecule has 0 amide bonds. The monoisotopic (exact) mass is 242 g/mol. The van der Waals surface area contributed by atoms with E-state index in [0.29, 0.717) is 13.1 Å². The summed E-state index contributed by atoms with van der Waals surface area (Å²) < 4.78 is 22.6. The van der Waals surface area contributed by atoms with Gasteiger partial charge in [0.25, 0.3) is 0 Å². The van der Waals surface area contributed by atoms with E-state index < -0.39 is 9.84 Å². The van der Waals surface area contributed by atoms with Gasteiger partial charge in [-0.2, -0.15) is 0 Å². The van der Waals surface area contributed by atoms with Crippen LogP contribution < -0.4 is 10.2 Å². The van der Waals surface area contributed by atoms with E-state index >= 15 is 0 Å². The van der Waals surface area contributed by atoms with E-state index in [1.165, 1.54) is 6.33 Å². The normalized spacial score (nSPS) is 19.4. The number of rotatable bonds is 2. The number of anilines is 2. The highest BCUT2D eigenvalue weighted by atomic mass is 32.2. The molecule has 0 unspecified atom stereocenters. The van der Waals surface area contributed by atoms with E-state index in [0.717, 1.165) is 11.6 Å². The Morgan fingerprint density at radius 1 is 1.31 bits per heavy atom. The van der Waals surface area contributed by atoms with Crippen LogP contribution in [0.5, 0.6) is 0 Å². The Morgan fingerprint density at radius 3 is 2.62 bits per heavy atom. The van der Waals surface area contributed by atoms with Crippen molar-refractivity contribution in [1.29, 1.82) is 0 Å². The van der Waals surface area contributed by atoms with Crippen molar-refractivity contribution in [2.45, 2.75) is 0 Å². The second-order valence-electron chi connectivity index (χ2n) is 3.65.